The largest absolute Gasteiger partial charge is 0.494 e. The van der Waals surface area contributed by atoms with E-state index >= 15 is 0 Å². The molecule has 7 heteroatoms. The zero-order valence-electron chi connectivity index (χ0n) is 11.8. The van der Waals surface area contributed by atoms with Gasteiger partial charge in [-0.1, -0.05) is 29.5 Å². The van der Waals surface area contributed by atoms with Gasteiger partial charge in [0.05, 0.1) is 6.61 Å². The van der Waals surface area contributed by atoms with Gasteiger partial charge < -0.3 is 15.4 Å². The van der Waals surface area contributed by atoms with Crippen molar-refractivity contribution in [2.24, 2.45) is 0 Å². The molecular weight excluding hydrogens is 288 g/mol. The lowest BCUT2D eigenvalue weighted by molar-refractivity contribution is 0.0950. The molecule has 112 valence electrons. The second kappa shape index (κ2) is 8.21. The summed E-state index contributed by atoms with van der Waals surface area (Å²) in [4.78, 5) is 11.8. The summed E-state index contributed by atoms with van der Waals surface area (Å²) in [6.07, 6.45) is 0.736. The summed E-state index contributed by atoms with van der Waals surface area (Å²) >= 11 is 1.25. The van der Waals surface area contributed by atoms with E-state index < -0.39 is 0 Å². The number of benzene rings is 1. The second-order valence-electron chi connectivity index (χ2n) is 4.21. The number of aromatic nitrogens is 2. The Morgan fingerprint density at radius 2 is 2.10 bits per heavy atom. The molecule has 1 aromatic heterocycles. The van der Waals surface area contributed by atoms with Crippen molar-refractivity contribution in [2.45, 2.75) is 13.3 Å². The molecular formula is C14H18N4O2S. The maximum Gasteiger partial charge on any atom is 0.282 e. The molecule has 0 aliphatic carbocycles. The van der Waals surface area contributed by atoms with Crippen LogP contribution < -0.4 is 15.4 Å². The fourth-order valence-electron chi connectivity index (χ4n) is 1.59. The molecule has 0 aliphatic heterocycles. The average molecular weight is 306 g/mol. The number of para-hydroxylation sites is 1. The van der Waals surface area contributed by atoms with E-state index in [1.54, 1.807) is 0 Å². The Labute approximate surface area is 127 Å². The predicted molar refractivity (Wildman–Crippen MR) is 83.0 cm³/mol. The van der Waals surface area contributed by atoms with E-state index in [0.717, 1.165) is 18.7 Å². The molecule has 0 saturated carbocycles. The molecule has 1 aromatic carbocycles. The third-order valence-electron chi connectivity index (χ3n) is 2.57. The lowest BCUT2D eigenvalue weighted by Gasteiger charge is -2.06. The monoisotopic (exact) mass is 306 g/mol. The van der Waals surface area contributed by atoms with Crippen LogP contribution in [-0.2, 0) is 0 Å². The minimum atomic E-state index is -0.198. The molecule has 6 nitrogen and oxygen atoms in total. The van der Waals surface area contributed by atoms with Crippen molar-refractivity contribution >= 4 is 22.4 Å². The van der Waals surface area contributed by atoms with Gasteiger partial charge in [0.2, 0.25) is 10.1 Å². The van der Waals surface area contributed by atoms with Gasteiger partial charge in [0.1, 0.15) is 5.75 Å². The highest BCUT2D eigenvalue weighted by molar-refractivity contribution is 7.17. The molecule has 2 aromatic rings. The Morgan fingerprint density at radius 3 is 2.86 bits per heavy atom. The van der Waals surface area contributed by atoms with Crippen LogP contribution in [0.25, 0.3) is 0 Å². The van der Waals surface area contributed by atoms with Crippen LogP contribution in [0.1, 0.15) is 23.1 Å². The lowest BCUT2D eigenvalue weighted by atomic mass is 10.3. The first-order valence-corrected chi connectivity index (χ1v) is 7.64. The molecule has 1 amide bonds. The Balaban J connectivity index is 1.64. The molecule has 0 unspecified atom stereocenters. The molecule has 0 fully saturated rings. The molecule has 2 N–H and O–H groups in total. The molecule has 2 rings (SSSR count). The van der Waals surface area contributed by atoms with Crippen molar-refractivity contribution in [3.05, 3.63) is 35.3 Å². The Bertz CT molecular complexity index is 559. The topological polar surface area (TPSA) is 76.1 Å². The van der Waals surface area contributed by atoms with E-state index in [1.165, 1.54) is 11.3 Å². The summed E-state index contributed by atoms with van der Waals surface area (Å²) in [6.45, 7) is 3.83. The molecule has 21 heavy (non-hydrogen) atoms. The maximum absolute atomic E-state index is 11.8. The smallest absolute Gasteiger partial charge is 0.282 e. The minimum Gasteiger partial charge on any atom is -0.494 e. The first kappa shape index (κ1) is 15.2. The van der Waals surface area contributed by atoms with E-state index in [0.29, 0.717) is 23.3 Å². The van der Waals surface area contributed by atoms with Gasteiger partial charge in [-0.05, 0) is 25.5 Å². The van der Waals surface area contributed by atoms with Gasteiger partial charge in [0.25, 0.3) is 5.91 Å². The van der Waals surface area contributed by atoms with Crippen LogP contribution in [-0.4, -0.2) is 35.8 Å². The van der Waals surface area contributed by atoms with E-state index in [-0.39, 0.29) is 5.91 Å². The number of anilines is 1. The number of amides is 1. The Hall–Kier alpha value is -2.15. The first-order valence-electron chi connectivity index (χ1n) is 6.83. The number of nitrogens with zero attached hydrogens (tertiary/aromatic N) is 2. The van der Waals surface area contributed by atoms with Crippen molar-refractivity contribution in [1.82, 2.24) is 15.5 Å². The summed E-state index contributed by atoms with van der Waals surface area (Å²) in [5.74, 6) is 0.639. The van der Waals surface area contributed by atoms with Crippen molar-refractivity contribution in [1.29, 1.82) is 0 Å². The predicted octanol–water partition coefficient (Wildman–Crippen LogP) is 2.17. The van der Waals surface area contributed by atoms with Gasteiger partial charge in [-0.15, -0.1) is 10.2 Å². The van der Waals surface area contributed by atoms with Crippen LogP contribution in [0.3, 0.4) is 0 Å². The van der Waals surface area contributed by atoms with Crippen LogP contribution in [0.5, 0.6) is 5.75 Å². The van der Waals surface area contributed by atoms with E-state index in [1.807, 2.05) is 37.3 Å². The molecule has 1 heterocycles. The SMILES string of the molecule is CCNc1nnc(C(=O)NCCCOc2ccccc2)s1. The van der Waals surface area contributed by atoms with Crippen molar-refractivity contribution < 1.29 is 9.53 Å². The molecule has 0 spiro atoms. The molecule has 0 saturated heterocycles. The maximum atomic E-state index is 11.8. The number of rotatable bonds is 8. The molecule has 0 aliphatic rings. The minimum absolute atomic E-state index is 0.198. The lowest BCUT2D eigenvalue weighted by Crippen LogP contribution is -2.25. The molecule has 0 radical (unpaired) electrons. The zero-order chi connectivity index (χ0) is 14.9. The number of hydrogen-bond acceptors (Lipinski definition) is 6. The standard InChI is InChI=1S/C14H18N4O2S/c1-2-15-14-18-17-13(21-14)12(19)16-9-6-10-20-11-7-4-3-5-8-11/h3-5,7-8H,2,6,9-10H2,1H3,(H,15,18)(H,16,19). The number of carbonyl (C=O) groups is 1. The van der Waals surface area contributed by atoms with Crippen LogP contribution >= 0.6 is 11.3 Å². The summed E-state index contributed by atoms with van der Waals surface area (Å²) in [5.41, 5.74) is 0. The molecule has 0 atom stereocenters. The second-order valence-corrected chi connectivity index (χ2v) is 5.19. The van der Waals surface area contributed by atoms with Crippen LogP contribution in [0.4, 0.5) is 5.13 Å². The molecule has 0 bridgehead atoms. The van der Waals surface area contributed by atoms with Crippen LogP contribution in [0, 0.1) is 0 Å². The van der Waals surface area contributed by atoms with Crippen molar-refractivity contribution in [2.75, 3.05) is 25.0 Å². The van der Waals surface area contributed by atoms with Crippen LogP contribution in [0.15, 0.2) is 30.3 Å². The highest BCUT2D eigenvalue weighted by Crippen LogP contribution is 2.14. The summed E-state index contributed by atoms with van der Waals surface area (Å²) in [7, 11) is 0. The van der Waals surface area contributed by atoms with Gasteiger partial charge in [-0.2, -0.15) is 0 Å². The number of nitrogens with one attached hydrogen (secondary N) is 2. The van der Waals surface area contributed by atoms with E-state index in [9.17, 15) is 4.79 Å². The third kappa shape index (κ3) is 5.03. The van der Waals surface area contributed by atoms with Crippen molar-refractivity contribution in [3.8, 4) is 5.75 Å². The number of carbonyl (C=O) groups excluding carboxylic acids is 1. The van der Waals surface area contributed by atoms with Gasteiger partial charge in [-0.3, -0.25) is 4.79 Å². The third-order valence-corrected chi connectivity index (χ3v) is 3.45. The first-order chi connectivity index (χ1) is 10.3. The number of ether oxygens (including phenoxy) is 1. The average Bonchev–Trinajstić information content (AvgIpc) is 2.97. The van der Waals surface area contributed by atoms with Crippen molar-refractivity contribution in [3.63, 3.8) is 0 Å². The summed E-state index contributed by atoms with van der Waals surface area (Å²) in [5, 5.41) is 14.6. The van der Waals surface area contributed by atoms with Gasteiger partial charge >= 0.3 is 0 Å². The normalized spacial score (nSPS) is 10.1. The Kier molecular flexibility index (Phi) is 5.96. The fraction of sp³-hybridized carbons (Fsp3) is 0.357. The number of hydrogen-bond donors (Lipinski definition) is 2. The van der Waals surface area contributed by atoms with Gasteiger partial charge in [-0.25, -0.2) is 0 Å². The highest BCUT2D eigenvalue weighted by atomic mass is 32.1. The van der Waals surface area contributed by atoms with Gasteiger partial charge in [0, 0.05) is 13.1 Å². The van der Waals surface area contributed by atoms with E-state index in [4.69, 9.17) is 4.74 Å². The fourth-order valence-corrected chi connectivity index (χ4v) is 2.32. The summed E-state index contributed by atoms with van der Waals surface area (Å²) in [6, 6.07) is 9.60. The quantitative estimate of drug-likeness (QED) is 0.731. The summed E-state index contributed by atoms with van der Waals surface area (Å²) < 4.78 is 5.54. The van der Waals surface area contributed by atoms with E-state index in [2.05, 4.69) is 20.8 Å². The van der Waals surface area contributed by atoms with Crippen LogP contribution in [0.2, 0.25) is 0 Å². The van der Waals surface area contributed by atoms with Gasteiger partial charge in [0.15, 0.2) is 0 Å². The Morgan fingerprint density at radius 1 is 1.29 bits per heavy atom. The zero-order valence-corrected chi connectivity index (χ0v) is 12.7. The highest BCUT2D eigenvalue weighted by Gasteiger charge is 2.11.